The van der Waals surface area contributed by atoms with Gasteiger partial charge in [0.1, 0.15) is 12.2 Å². The van der Waals surface area contributed by atoms with E-state index < -0.39 is 5.91 Å². The lowest BCUT2D eigenvalue weighted by molar-refractivity contribution is 0.0996. The molecule has 182 valence electrons. The van der Waals surface area contributed by atoms with Crippen molar-refractivity contribution in [3.8, 4) is 17.3 Å². The van der Waals surface area contributed by atoms with Gasteiger partial charge in [-0.1, -0.05) is 12.1 Å². The Bertz CT molecular complexity index is 1450. The van der Waals surface area contributed by atoms with Crippen LogP contribution >= 0.6 is 0 Å². The van der Waals surface area contributed by atoms with Gasteiger partial charge in [0, 0.05) is 37.1 Å². The molecule has 0 atom stereocenters. The number of nitriles is 1. The topological polar surface area (TPSA) is 147 Å². The number of hydrogen-bond donors (Lipinski definition) is 3. The highest BCUT2D eigenvalue weighted by atomic mass is 16.5. The maximum Gasteiger partial charge on any atom is 0.271 e. The molecule has 1 aliphatic heterocycles. The summed E-state index contributed by atoms with van der Waals surface area (Å²) in [7, 11) is 1.89. The highest BCUT2D eigenvalue weighted by molar-refractivity contribution is 6.00. The Labute approximate surface area is 207 Å². The molecule has 1 aliphatic rings. The molecule has 36 heavy (non-hydrogen) atoms. The van der Waals surface area contributed by atoms with E-state index in [0.717, 1.165) is 30.0 Å². The van der Waals surface area contributed by atoms with Gasteiger partial charge < -0.3 is 30.6 Å². The van der Waals surface area contributed by atoms with Crippen LogP contribution in [-0.2, 0) is 11.8 Å². The van der Waals surface area contributed by atoms with E-state index in [2.05, 4.69) is 36.6 Å². The Kier molecular flexibility index (Phi) is 6.34. The van der Waals surface area contributed by atoms with Gasteiger partial charge in [0.15, 0.2) is 17.3 Å². The predicted octanol–water partition coefficient (Wildman–Crippen LogP) is 2.64. The van der Waals surface area contributed by atoms with E-state index in [1.165, 1.54) is 0 Å². The summed E-state index contributed by atoms with van der Waals surface area (Å²) in [5, 5.41) is 15.3. The van der Waals surface area contributed by atoms with E-state index in [1.807, 2.05) is 54.1 Å². The Morgan fingerprint density at radius 3 is 2.64 bits per heavy atom. The van der Waals surface area contributed by atoms with Crippen LogP contribution in [0.1, 0.15) is 10.5 Å². The maximum atomic E-state index is 12.4. The van der Waals surface area contributed by atoms with Crippen LogP contribution in [0.3, 0.4) is 0 Å². The minimum absolute atomic E-state index is 0.00345. The Balaban J connectivity index is 1.54. The van der Waals surface area contributed by atoms with Gasteiger partial charge in [-0.2, -0.15) is 5.26 Å². The van der Waals surface area contributed by atoms with Crippen molar-refractivity contribution in [1.29, 1.82) is 5.26 Å². The van der Waals surface area contributed by atoms with E-state index in [4.69, 9.17) is 15.7 Å². The maximum absolute atomic E-state index is 12.4. The quantitative estimate of drug-likeness (QED) is 0.337. The van der Waals surface area contributed by atoms with Gasteiger partial charge in [-0.25, -0.2) is 15.0 Å². The zero-order valence-corrected chi connectivity index (χ0v) is 19.7. The Hall–Kier alpha value is -4.69. The van der Waals surface area contributed by atoms with Crippen molar-refractivity contribution in [2.75, 3.05) is 48.4 Å². The molecule has 11 nitrogen and oxygen atoms in total. The third-order valence-corrected chi connectivity index (χ3v) is 5.98. The van der Waals surface area contributed by atoms with Crippen LogP contribution in [-0.4, -0.2) is 58.3 Å². The number of aromatic nitrogens is 4. The summed E-state index contributed by atoms with van der Waals surface area (Å²) in [6.07, 6.45) is 1.70. The van der Waals surface area contributed by atoms with E-state index in [-0.39, 0.29) is 18.1 Å². The Morgan fingerprint density at radius 2 is 1.92 bits per heavy atom. The number of morpholine rings is 1. The van der Waals surface area contributed by atoms with Gasteiger partial charge in [0.05, 0.1) is 36.6 Å². The molecule has 1 fully saturated rings. The minimum atomic E-state index is -0.726. The lowest BCUT2D eigenvalue weighted by Crippen LogP contribution is -2.36. The summed E-state index contributed by atoms with van der Waals surface area (Å²) in [5.41, 5.74) is 10.1. The molecule has 0 aliphatic carbocycles. The molecule has 0 saturated carbocycles. The number of amides is 1. The monoisotopic (exact) mass is 483 g/mol. The number of anilines is 4. The molecule has 2 aromatic heterocycles. The highest BCUT2D eigenvalue weighted by Crippen LogP contribution is 2.33. The number of primary amides is 1. The van der Waals surface area contributed by atoms with Crippen molar-refractivity contribution < 1.29 is 9.53 Å². The molecule has 5 rings (SSSR count). The first kappa shape index (κ1) is 23.1. The van der Waals surface area contributed by atoms with Crippen LogP contribution in [0, 0.1) is 11.3 Å². The van der Waals surface area contributed by atoms with Crippen LogP contribution in [0.4, 0.5) is 23.0 Å². The van der Waals surface area contributed by atoms with Gasteiger partial charge in [-0.05, 0) is 30.3 Å². The summed E-state index contributed by atoms with van der Waals surface area (Å²) in [6, 6.07) is 15.5. The van der Waals surface area contributed by atoms with Gasteiger partial charge in [0.25, 0.3) is 5.91 Å². The van der Waals surface area contributed by atoms with Crippen LogP contribution in [0.2, 0.25) is 0 Å². The van der Waals surface area contributed by atoms with Crippen LogP contribution in [0.5, 0.6) is 0 Å². The third-order valence-electron chi connectivity index (χ3n) is 5.98. The summed E-state index contributed by atoms with van der Waals surface area (Å²) in [5.74, 6) is -0.192. The number of rotatable bonds is 7. The summed E-state index contributed by atoms with van der Waals surface area (Å²) in [4.78, 5) is 28.4. The molecule has 1 saturated heterocycles. The zero-order valence-electron chi connectivity index (χ0n) is 19.7. The first-order chi connectivity index (χ1) is 17.5. The molecule has 2 aromatic carbocycles. The molecule has 0 unspecified atom stereocenters. The number of hydrogen-bond acceptors (Lipinski definition) is 9. The molecule has 1 amide bonds. The zero-order chi connectivity index (χ0) is 25.1. The molecule has 11 heteroatoms. The largest absolute Gasteiger partial charge is 0.378 e. The number of aryl methyl sites for hydroxylation is 1. The molecular formula is C25H25N9O2. The molecule has 0 radical (unpaired) electrons. The van der Waals surface area contributed by atoms with Gasteiger partial charge in [0.2, 0.25) is 0 Å². The number of carbonyl (C=O) groups is 1. The average molecular weight is 484 g/mol. The highest BCUT2D eigenvalue weighted by Gasteiger charge is 2.21. The number of benzene rings is 2. The van der Waals surface area contributed by atoms with Crippen LogP contribution in [0.25, 0.3) is 22.3 Å². The lowest BCUT2D eigenvalue weighted by atomic mass is 10.1. The number of carbonyl (C=O) groups excluding carboxylic acids is 1. The predicted molar refractivity (Wildman–Crippen MR) is 137 cm³/mol. The van der Waals surface area contributed by atoms with E-state index in [9.17, 15) is 4.79 Å². The number of imidazole rings is 1. The third kappa shape index (κ3) is 4.49. The minimum Gasteiger partial charge on any atom is -0.378 e. The normalized spacial score (nSPS) is 13.4. The smallest absolute Gasteiger partial charge is 0.271 e. The van der Waals surface area contributed by atoms with Crippen molar-refractivity contribution in [1.82, 2.24) is 19.5 Å². The number of nitrogens with two attached hydrogens (primary N) is 1. The van der Waals surface area contributed by atoms with Crippen LogP contribution in [0.15, 0.2) is 48.8 Å². The second-order valence-electron chi connectivity index (χ2n) is 8.29. The molecule has 0 spiro atoms. The van der Waals surface area contributed by atoms with Crippen molar-refractivity contribution in [3.63, 3.8) is 0 Å². The molecule has 3 heterocycles. The number of ether oxygens (including phenoxy) is 1. The van der Waals surface area contributed by atoms with Gasteiger partial charge in [-0.15, -0.1) is 0 Å². The van der Waals surface area contributed by atoms with Crippen molar-refractivity contribution in [2.45, 2.75) is 0 Å². The van der Waals surface area contributed by atoms with E-state index in [0.29, 0.717) is 35.8 Å². The van der Waals surface area contributed by atoms with Crippen molar-refractivity contribution >= 4 is 40.0 Å². The van der Waals surface area contributed by atoms with Crippen molar-refractivity contribution in [3.05, 3.63) is 54.5 Å². The summed E-state index contributed by atoms with van der Waals surface area (Å²) in [6.45, 7) is 3.08. The fraction of sp³-hybridized carbons (Fsp3) is 0.240. The number of nitrogens with zero attached hydrogens (tertiary/aromatic N) is 6. The van der Waals surface area contributed by atoms with Gasteiger partial charge in [-0.3, -0.25) is 4.79 Å². The second-order valence-corrected chi connectivity index (χ2v) is 8.29. The number of nitrogens with one attached hydrogen (secondary N) is 2. The average Bonchev–Trinajstić information content (AvgIpc) is 3.29. The first-order valence-corrected chi connectivity index (χ1v) is 11.5. The molecule has 0 bridgehead atoms. The van der Waals surface area contributed by atoms with E-state index >= 15 is 0 Å². The number of para-hydroxylation sites is 1. The number of fused-ring (bicyclic) bond motifs is 1. The first-order valence-electron chi connectivity index (χ1n) is 11.5. The van der Waals surface area contributed by atoms with Crippen LogP contribution < -0.4 is 21.3 Å². The molecular weight excluding hydrogens is 458 g/mol. The van der Waals surface area contributed by atoms with Gasteiger partial charge >= 0.3 is 0 Å². The van der Waals surface area contributed by atoms with E-state index in [1.54, 1.807) is 6.33 Å². The lowest BCUT2D eigenvalue weighted by Gasteiger charge is -2.29. The Morgan fingerprint density at radius 1 is 1.14 bits per heavy atom. The summed E-state index contributed by atoms with van der Waals surface area (Å²) >= 11 is 0. The fourth-order valence-corrected chi connectivity index (χ4v) is 4.19. The SMILES string of the molecule is Cn1cnc2c(-c3nc(C(N)=O)c(Nc4ccc(N5CCOCC5)cc4)nc3NCC#N)cccc21. The molecule has 4 N–H and O–H groups in total. The fourth-order valence-electron chi connectivity index (χ4n) is 4.19. The standard InChI is InChI=1S/C25H25N9O2/c1-33-15-29-20-18(3-2-4-19(20)33)21-24(28-10-9-26)32-25(22(31-21)23(27)35)30-16-5-7-17(8-6-16)34-11-13-36-14-12-34/h2-8,15H,10-14H2,1H3,(H2,27,35)(H2,28,30,32). The summed E-state index contributed by atoms with van der Waals surface area (Å²) < 4.78 is 7.31. The van der Waals surface area contributed by atoms with Crippen molar-refractivity contribution in [2.24, 2.45) is 12.8 Å². The molecule has 4 aromatic rings. The second kappa shape index (κ2) is 9.89.